The first-order valence-corrected chi connectivity index (χ1v) is 4.97. The molecule has 1 heterocycles. The summed E-state index contributed by atoms with van der Waals surface area (Å²) < 4.78 is 15.6. The molecule has 4 heteroatoms. The number of hydrogen-bond donors (Lipinski definition) is 1. The van der Waals surface area contributed by atoms with E-state index in [-0.39, 0.29) is 6.54 Å². The molecule has 1 aromatic heterocycles. The third-order valence-electron chi connectivity index (χ3n) is 2.75. The molecule has 0 aromatic carbocycles. The average Bonchev–Trinajstić information content (AvgIpc) is 2.61. The van der Waals surface area contributed by atoms with Crippen LogP contribution >= 0.6 is 0 Å². The molecule has 14 heavy (non-hydrogen) atoms. The second-order valence-electron chi connectivity index (χ2n) is 3.65. The molecule has 0 saturated carbocycles. The lowest BCUT2D eigenvalue weighted by Gasteiger charge is -2.21. The highest BCUT2D eigenvalue weighted by Crippen LogP contribution is 2.21. The molecule has 80 valence electrons. The third kappa shape index (κ3) is 2.54. The van der Waals surface area contributed by atoms with Crippen molar-refractivity contribution in [3.8, 4) is 0 Å². The van der Waals surface area contributed by atoms with E-state index < -0.39 is 5.67 Å². The zero-order chi connectivity index (χ0) is 10.6. The van der Waals surface area contributed by atoms with Gasteiger partial charge in [-0.25, -0.2) is 4.39 Å². The van der Waals surface area contributed by atoms with Crippen molar-refractivity contribution in [3.05, 3.63) is 18.0 Å². The van der Waals surface area contributed by atoms with Crippen LogP contribution in [0.1, 0.15) is 25.5 Å². The standard InChI is InChI=1S/C10H18FN3/c1-3-10(11,8-12)6-4-9-5-7-13-14(9)2/h5,7H,3-4,6,8,12H2,1-2H3. The summed E-state index contributed by atoms with van der Waals surface area (Å²) in [6.07, 6.45) is 3.36. The lowest BCUT2D eigenvalue weighted by Crippen LogP contribution is -2.32. The van der Waals surface area contributed by atoms with Crippen molar-refractivity contribution in [3.63, 3.8) is 0 Å². The van der Waals surface area contributed by atoms with Crippen LogP contribution < -0.4 is 5.73 Å². The summed E-state index contributed by atoms with van der Waals surface area (Å²) in [5.41, 5.74) is 5.23. The highest BCUT2D eigenvalue weighted by molar-refractivity contribution is 5.01. The maximum Gasteiger partial charge on any atom is 0.123 e. The minimum absolute atomic E-state index is 0.0986. The molecule has 0 spiro atoms. The second-order valence-corrected chi connectivity index (χ2v) is 3.65. The fraction of sp³-hybridized carbons (Fsp3) is 0.700. The molecule has 0 aliphatic heterocycles. The summed E-state index contributed by atoms with van der Waals surface area (Å²) >= 11 is 0. The molecule has 0 bridgehead atoms. The van der Waals surface area contributed by atoms with Gasteiger partial charge >= 0.3 is 0 Å². The Bertz CT molecular complexity index is 279. The predicted molar refractivity (Wildman–Crippen MR) is 54.7 cm³/mol. The van der Waals surface area contributed by atoms with Crippen LogP contribution in [0.2, 0.25) is 0 Å². The van der Waals surface area contributed by atoms with Crippen LogP contribution in [0.4, 0.5) is 4.39 Å². The fourth-order valence-electron chi connectivity index (χ4n) is 1.42. The summed E-state index contributed by atoms with van der Waals surface area (Å²) in [5.74, 6) is 0. The summed E-state index contributed by atoms with van der Waals surface area (Å²) in [7, 11) is 1.86. The summed E-state index contributed by atoms with van der Waals surface area (Å²) in [6, 6.07) is 1.91. The van der Waals surface area contributed by atoms with E-state index >= 15 is 0 Å². The first-order valence-electron chi connectivity index (χ1n) is 4.97. The molecule has 1 aromatic rings. The van der Waals surface area contributed by atoms with Gasteiger partial charge in [-0.15, -0.1) is 0 Å². The highest BCUT2D eigenvalue weighted by Gasteiger charge is 2.25. The van der Waals surface area contributed by atoms with Crippen LogP contribution in [0.5, 0.6) is 0 Å². The van der Waals surface area contributed by atoms with Gasteiger partial charge in [-0.05, 0) is 25.3 Å². The quantitative estimate of drug-likeness (QED) is 0.779. The molecule has 0 amide bonds. The van der Waals surface area contributed by atoms with Gasteiger partial charge < -0.3 is 5.73 Å². The van der Waals surface area contributed by atoms with E-state index in [9.17, 15) is 4.39 Å². The molecule has 1 atom stereocenters. The van der Waals surface area contributed by atoms with E-state index in [1.54, 1.807) is 10.9 Å². The smallest absolute Gasteiger partial charge is 0.123 e. The van der Waals surface area contributed by atoms with Crippen molar-refractivity contribution < 1.29 is 4.39 Å². The summed E-state index contributed by atoms with van der Waals surface area (Å²) in [5, 5.41) is 4.03. The van der Waals surface area contributed by atoms with E-state index in [2.05, 4.69) is 5.10 Å². The average molecular weight is 199 g/mol. The van der Waals surface area contributed by atoms with Crippen LogP contribution in [0.3, 0.4) is 0 Å². The molecule has 0 saturated heterocycles. The van der Waals surface area contributed by atoms with Crippen molar-refractivity contribution in [1.82, 2.24) is 9.78 Å². The SMILES string of the molecule is CCC(F)(CN)CCc1ccnn1C. The Morgan fingerprint density at radius 1 is 1.64 bits per heavy atom. The third-order valence-corrected chi connectivity index (χ3v) is 2.75. The molecule has 0 aliphatic carbocycles. The summed E-state index contributed by atoms with van der Waals surface area (Å²) in [4.78, 5) is 0. The summed E-state index contributed by atoms with van der Waals surface area (Å²) in [6.45, 7) is 1.93. The van der Waals surface area contributed by atoms with Gasteiger partial charge in [0.15, 0.2) is 0 Å². The van der Waals surface area contributed by atoms with Crippen LogP contribution in [0.15, 0.2) is 12.3 Å². The maximum atomic E-state index is 13.8. The lowest BCUT2D eigenvalue weighted by molar-refractivity contribution is 0.153. The first kappa shape index (κ1) is 11.2. The number of aryl methyl sites for hydroxylation is 2. The number of nitrogens with two attached hydrogens (primary N) is 1. The number of alkyl halides is 1. The molecular formula is C10H18FN3. The molecule has 1 rings (SSSR count). The predicted octanol–water partition coefficient (Wildman–Crippen LogP) is 1.43. The number of rotatable bonds is 5. The number of aromatic nitrogens is 2. The maximum absolute atomic E-state index is 13.8. The minimum atomic E-state index is -1.22. The Balaban J connectivity index is 2.52. The Morgan fingerprint density at radius 3 is 2.79 bits per heavy atom. The molecule has 0 aliphatic rings. The molecule has 0 fully saturated rings. The Morgan fingerprint density at radius 2 is 2.36 bits per heavy atom. The van der Waals surface area contributed by atoms with Crippen molar-refractivity contribution in [2.24, 2.45) is 12.8 Å². The van der Waals surface area contributed by atoms with Gasteiger partial charge in [0.2, 0.25) is 0 Å². The fourth-order valence-corrected chi connectivity index (χ4v) is 1.42. The number of halogens is 1. The van der Waals surface area contributed by atoms with Gasteiger partial charge in [0, 0.05) is 25.5 Å². The van der Waals surface area contributed by atoms with Crippen LogP contribution in [0, 0.1) is 0 Å². The van der Waals surface area contributed by atoms with E-state index in [0.29, 0.717) is 19.3 Å². The molecule has 2 N–H and O–H groups in total. The van der Waals surface area contributed by atoms with E-state index in [0.717, 1.165) is 5.69 Å². The molecule has 0 radical (unpaired) electrons. The molecule has 3 nitrogen and oxygen atoms in total. The second kappa shape index (κ2) is 4.55. The van der Waals surface area contributed by atoms with Gasteiger partial charge in [-0.3, -0.25) is 4.68 Å². The van der Waals surface area contributed by atoms with Crippen molar-refractivity contribution in [2.45, 2.75) is 31.9 Å². The lowest BCUT2D eigenvalue weighted by atomic mass is 9.96. The highest BCUT2D eigenvalue weighted by atomic mass is 19.1. The first-order chi connectivity index (χ1) is 6.61. The van der Waals surface area contributed by atoms with Crippen molar-refractivity contribution in [2.75, 3.05) is 6.54 Å². The zero-order valence-electron chi connectivity index (χ0n) is 8.83. The number of hydrogen-bond acceptors (Lipinski definition) is 2. The zero-order valence-corrected chi connectivity index (χ0v) is 8.83. The van der Waals surface area contributed by atoms with Gasteiger partial charge in [-0.2, -0.15) is 5.10 Å². The van der Waals surface area contributed by atoms with Gasteiger partial charge in [-0.1, -0.05) is 6.92 Å². The largest absolute Gasteiger partial charge is 0.328 e. The van der Waals surface area contributed by atoms with E-state index in [4.69, 9.17) is 5.73 Å². The van der Waals surface area contributed by atoms with Gasteiger partial charge in [0.05, 0.1) is 0 Å². The normalized spacial score (nSPS) is 15.4. The number of nitrogens with zero attached hydrogens (tertiary/aromatic N) is 2. The molecular weight excluding hydrogens is 181 g/mol. The molecule has 1 unspecified atom stereocenters. The van der Waals surface area contributed by atoms with Crippen LogP contribution in [0.25, 0.3) is 0 Å². The van der Waals surface area contributed by atoms with Crippen LogP contribution in [-0.4, -0.2) is 22.0 Å². The van der Waals surface area contributed by atoms with Crippen LogP contribution in [-0.2, 0) is 13.5 Å². The Labute approximate surface area is 84.1 Å². The van der Waals surface area contributed by atoms with Gasteiger partial charge in [0.1, 0.15) is 5.67 Å². The van der Waals surface area contributed by atoms with Crippen molar-refractivity contribution in [1.29, 1.82) is 0 Å². The van der Waals surface area contributed by atoms with Gasteiger partial charge in [0.25, 0.3) is 0 Å². The minimum Gasteiger partial charge on any atom is -0.328 e. The Hall–Kier alpha value is -0.900. The van der Waals surface area contributed by atoms with E-state index in [1.807, 2.05) is 20.0 Å². The van der Waals surface area contributed by atoms with E-state index in [1.165, 1.54) is 0 Å². The van der Waals surface area contributed by atoms with Crippen molar-refractivity contribution >= 4 is 0 Å². The monoisotopic (exact) mass is 199 g/mol. The Kier molecular flexibility index (Phi) is 3.63. The topological polar surface area (TPSA) is 43.8 Å².